The second-order valence-corrected chi connectivity index (χ2v) is 5.25. The number of aromatic hydroxyl groups is 1. The van der Waals surface area contributed by atoms with Crippen molar-refractivity contribution >= 4 is 25.3 Å². The van der Waals surface area contributed by atoms with Crippen molar-refractivity contribution in [3.05, 3.63) is 65.2 Å². The van der Waals surface area contributed by atoms with E-state index in [1.165, 1.54) is 4.90 Å². The van der Waals surface area contributed by atoms with Gasteiger partial charge >= 0.3 is 0 Å². The predicted octanol–water partition coefficient (Wildman–Crippen LogP) is 2.73. The van der Waals surface area contributed by atoms with E-state index in [2.05, 4.69) is 0 Å². The Morgan fingerprint density at radius 3 is 1.95 bits per heavy atom. The third-order valence-electron chi connectivity index (χ3n) is 3.73. The summed E-state index contributed by atoms with van der Waals surface area (Å²) in [7, 11) is 0. The lowest BCUT2D eigenvalue weighted by atomic mass is 10.1. The molecule has 1 aliphatic rings. The summed E-state index contributed by atoms with van der Waals surface area (Å²) in [5.41, 5.74) is 1.91. The molecule has 0 saturated heterocycles. The molecular formula is C17H17NO3S. The molecule has 114 valence electrons. The maximum absolute atomic E-state index is 12.4. The fourth-order valence-electron chi connectivity index (χ4n) is 2.67. The van der Waals surface area contributed by atoms with Gasteiger partial charge in [0.05, 0.1) is 11.1 Å². The third-order valence-corrected chi connectivity index (χ3v) is 3.73. The summed E-state index contributed by atoms with van der Waals surface area (Å²) in [6, 6.07) is 13.5. The molecule has 1 atom stereocenters. The molecule has 4 nitrogen and oxygen atoms in total. The molecule has 2 aromatic carbocycles. The lowest BCUT2D eigenvalue weighted by Gasteiger charge is -2.22. The van der Waals surface area contributed by atoms with Crippen LogP contribution in [0, 0.1) is 0 Å². The van der Waals surface area contributed by atoms with Crippen LogP contribution in [-0.4, -0.2) is 27.9 Å². The quantitative estimate of drug-likeness (QED) is 0.886. The second kappa shape index (κ2) is 6.23. The van der Waals surface area contributed by atoms with E-state index in [4.69, 9.17) is 0 Å². The highest BCUT2D eigenvalue weighted by atomic mass is 32.1. The van der Waals surface area contributed by atoms with Gasteiger partial charge in [0.2, 0.25) is 0 Å². The van der Waals surface area contributed by atoms with Gasteiger partial charge < -0.3 is 5.11 Å². The van der Waals surface area contributed by atoms with Crippen LogP contribution in [0.4, 0.5) is 0 Å². The van der Waals surface area contributed by atoms with Gasteiger partial charge in [-0.25, -0.2) is 0 Å². The Labute approximate surface area is 135 Å². The molecule has 0 aliphatic carbocycles. The van der Waals surface area contributed by atoms with E-state index in [0.717, 1.165) is 5.56 Å². The number of hydrogen-bond donors (Lipinski definition) is 1. The summed E-state index contributed by atoms with van der Waals surface area (Å²) >= 11 is 0. The van der Waals surface area contributed by atoms with Gasteiger partial charge in [-0.3, -0.25) is 14.5 Å². The van der Waals surface area contributed by atoms with Crippen molar-refractivity contribution in [1.29, 1.82) is 0 Å². The molecule has 1 heterocycles. The van der Waals surface area contributed by atoms with E-state index in [1.807, 2.05) is 6.92 Å². The number of carbonyl (C=O) groups excluding carboxylic acids is 2. The van der Waals surface area contributed by atoms with Gasteiger partial charge in [0, 0.05) is 6.04 Å². The number of fused-ring (bicyclic) bond motifs is 1. The van der Waals surface area contributed by atoms with Crippen LogP contribution >= 0.6 is 13.5 Å². The molecule has 22 heavy (non-hydrogen) atoms. The van der Waals surface area contributed by atoms with Crippen molar-refractivity contribution in [3.8, 4) is 5.75 Å². The lowest BCUT2D eigenvalue weighted by Crippen LogP contribution is -2.39. The highest BCUT2D eigenvalue weighted by Crippen LogP contribution is 2.25. The van der Waals surface area contributed by atoms with E-state index < -0.39 is 0 Å². The van der Waals surface area contributed by atoms with E-state index in [0.29, 0.717) is 17.5 Å². The van der Waals surface area contributed by atoms with Gasteiger partial charge in [-0.2, -0.15) is 13.5 Å². The molecule has 0 radical (unpaired) electrons. The van der Waals surface area contributed by atoms with Crippen molar-refractivity contribution in [3.63, 3.8) is 0 Å². The van der Waals surface area contributed by atoms with Crippen molar-refractivity contribution in [1.82, 2.24) is 4.90 Å². The first-order valence-corrected chi connectivity index (χ1v) is 6.83. The number of imide groups is 1. The van der Waals surface area contributed by atoms with Crippen LogP contribution in [0.25, 0.3) is 0 Å². The zero-order valence-corrected chi connectivity index (χ0v) is 13.1. The van der Waals surface area contributed by atoms with E-state index >= 15 is 0 Å². The summed E-state index contributed by atoms with van der Waals surface area (Å²) < 4.78 is 0. The minimum absolute atomic E-state index is 0. The Morgan fingerprint density at radius 1 is 0.955 bits per heavy atom. The van der Waals surface area contributed by atoms with Crippen molar-refractivity contribution in [2.75, 3.05) is 0 Å². The zero-order valence-electron chi connectivity index (χ0n) is 12.1. The number of amides is 2. The average Bonchev–Trinajstić information content (AvgIpc) is 2.74. The van der Waals surface area contributed by atoms with Gasteiger partial charge in [0.1, 0.15) is 5.75 Å². The summed E-state index contributed by atoms with van der Waals surface area (Å²) in [6.45, 7) is 1.86. The first-order valence-electron chi connectivity index (χ1n) is 6.83. The lowest BCUT2D eigenvalue weighted by molar-refractivity contribution is 0.0596. The molecule has 1 aliphatic heterocycles. The maximum Gasteiger partial charge on any atom is 0.261 e. The summed E-state index contributed by atoms with van der Waals surface area (Å²) in [4.78, 5) is 26.0. The Balaban J connectivity index is 0.00000176. The van der Waals surface area contributed by atoms with Gasteiger partial charge in [0.15, 0.2) is 0 Å². The minimum Gasteiger partial charge on any atom is -0.508 e. The molecule has 2 aromatic rings. The van der Waals surface area contributed by atoms with Crippen LogP contribution < -0.4 is 0 Å². The molecule has 3 rings (SSSR count). The van der Waals surface area contributed by atoms with E-state index in [-0.39, 0.29) is 37.1 Å². The van der Waals surface area contributed by atoms with Crippen LogP contribution in [0.5, 0.6) is 5.75 Å². The standard InChI is InChI=1S/C17H15NO3.H2S/c1-11(10-12-6-8-13(19)9-7-12)18-16(20)14-4-2-3-5-15(14)17(18)21;/h2-9,11,19H,10H2,1H3;1H2. The number of rotatable bonds is 3. The first kappa shape index (κ1) is 16.1. The normalized spacial score (nSPS) is 14.5. The van der Waals surface area contributed by atoms with E-state index in [9.17, 15) is 14.7 Å². The van der Waals surface area contributed by atoms with Gasteiger partial charge in [-0.1, -0.05) is 24.3 Å². The van der Waals surface area contributed by atoms with Crippen molar-refractivity contribution in [2.45, 2.75) is 19.4 Å². The van der Waals surface area contributed by atoms with Crippen LogP contribution in [0.2, 0.25) is 0 Å². The predicted molar refractivity (Wildman–Crippen MR) is 88.6 cm³/mol. The largest absolute Gasteiger partial charge is 0.508 e. The fraction of sp³-hybridized carbons (Fsp3) is 0.176. The molecule has 0 saturated carbocycles. The van der Waals surface area contributed by atoms with Crippen LogP contribution in [0.3, 0.4) is 0 Å². The molecule has 0 aromatic heterocycles. The number of hydrogen-bond acceptors (Lipinski definition) is 3. The van der Waals surface area contributed by atoms with Gasteiger partial charge in [-0.05, 0) is 43.2 Å². The zero-order chi connectivity index (χ0) is 15.0. The Kier molecular flexibility index (Phi) is 4.56. The Hall–Kier alpha value is -2.27. The number of nitrogens with zero attached hydrogens (tertiary/aromatic N) is 1. The van der Waals surface area contributed by atoms with Crippen LogP contribution in [0.1, 0.15) is 33.2 Å². The number of benzene rings is 2. The summed E-state index contributed by atoms with van der Waals surface area (Å²) in [5, 5.41) is 9.29. The van der Waals surface area contributed by atoms with Crippen molar-refractivity contribution in [2.24, 2.45) is 0 Å². The van der Waals surface area contributed by atoms with Gasteiger partial charge in [0.25, 0.3) is 11.8 Å². The monoisotopic (exact) mass is 315 g/mol. The number of carbonyl (C=O) groups is 2. The Morgan fingerprint density at radius 2 is 1.45 bits per heavy atom. The Bertz CT molecular complexity index is 677. The number of phenols is 1. The smallest absolute Gasteiger partial charge is 0.261 e. The molecule has 0 spiro atoms. The minimum atomic E-state index is -0.234. The number of phenolic OH excluding ortho intramolecular Hbond substituents is 1. The highest BCUT2D eigenvalue weighted by Gasteiger charge is 2.37. The molecule has 5 heteroatoms. The van der Waals surface area contributed by atoms with E-state index in [1.54, 1.807) is 48.5 Å². The maximum atomic E-state index is 12.4. The molecular weight excluding hydrogens is 298 g/mol. The third kappa shape index (κ3) is 2.72. The first-order chi connectivity index (χ1) is 10.1. The molecule has 0 fully saturated rings. The highest BCUT2D eigenvalue weighted by molar-refractivity contribution is 7.59. The molecule has 0 bridgehead atoms. The van der Waals surface area contributed by atoms with Crippen molar-refractivity contribution < 1.29 is 14.7 Å². The van der Waals surface area contributed by atoms with Gasteiger partial charge in [-0.15, -0.1) is 0 Å². The van der Waals surface area contributed by atoms with Crippen LogP contribution in [0.15, 0.2) is 48.5 Å². The molecule has 1 unspecified atom stereocenters. The SMILES string of the molecule is CC(Cc1ccc(O)cc1)N1C(=O)c2ccccc2C1=O.S. The average molecular weight is 315 g/mol. The van der Waals surface area contributed by atoms with Crippen LogP contribution in [-0.2, 0) is 6.42 Å². The summed E-state index contributed by atoms with van der Waals surface area (Å²) in [6.07, 6.45) is 0.561. The second-order valence-electron chi connectivity index (χ2n) is 5.25. The topological polar surface area (TPSA) is 57.6 Å². The summed E-state index contributed by atoms with van der Waals surface area (Å²) in [5.74, 6) is -0.268. The fourth-order valence-corrected chi connectivity index (χ4v) is 2.67. The molecule has 2 amide bonds. The molecule has 1 N–H and O–H groups in total.